The van der Waals surface area contributed by atoms with E-state index in [1.807, 2.05) is 42.5 Å². The summed E-state index contributed by atoms with van der Waals surface area (Å²) in [6, 6.07) is 24.2. The van der Waals surface area contributed by atoms with E-state index in [0.29, 0.717) is 12.3 Å². The van der Waals surface area contributed by atoms with E-state index < -0.39 is 5.91 Å². The third kappa shape index (κ3) is 6.10. The molecular formula is C23H23N3O3. The van der Waals surface area contributed by atoms with Crippen molar-refractivity contribution in [1.29, 1.82) is 0 Å². The number of nitrogens with two attached hydrogens (primary N) is 1. The van der Waals surface area contributed by atoms with E-state index >= 15 is 0 Å². The van der Waals surface area contributed by atoms with E-state index in [1.165, 1.54) is 5.56 Å². The number of carbonyl (C=O) groups is 2. The minimum atomic E-state index is -0.589. The molecule has 0 spiro atoms. The number of primary amides is 1. The summed E-state index contributed by atoms with van der Waals surface area (Å²) >= 11 is 0. The third-order valence-electron chi connectivity index (χ3n) is 4.26. The van der Waals surface area contributed by atoms with Crippen molar-refractivity contribution >= 4 is 23.2 Å². The Hall–Kier alpha value is -3.80. The monoisotopic (exact) mass is 389 g/mol. The van der Waals surface area contributed by atoms with Crippen LogP contribution < -0.4 is 21.1 Å². The lowest BCUT2D eigenvalue weighted by molar-refractivity contribution is -0.114. The normalized spacial score (nSPS) is 10.2. The number of amides is 2. The zero-order valence-electron chi connectivity index (χ0n) is 15.9. The highest BCUT2D eigenvalue weighted by Gasteiger charge is 2.10. The maximum absolute atomic E-state index is 12.2. The van der Waals surface area contributed by atoms with Gasteiger partial charge < -0.3 is 21.1 Å². The van der Waals surface area contributed by atoms with Crippen molar-refractivity contribution in [3.05, 3.63) is 90.0 Å². The van der Waals surface area contributed by atoms with E-state index in [0.717, 1.165) is 17.9 Å². The van der Waals surface area contributed by atoms with Crippen LogP contribution in [0.25, 0.3) is 0 Å². The number of para-hydroxylation sites is 1. The summed E-state index contributed by atoms with van der Waals surface area (Å²) < 4.78 is 5.80. The molecule has 3 aromatic carbocycles. The fraction of sp³-hybridized carbons (Fsp3) is 0.130. The van der Waals surface area contributed by atoms with Crippen LogP contribution in [0.2, 0.25) is 0 Å². The first-order valence-corrected chi connectivity index (χ1v) is 9.31. The fourth-order valence-corrected chi connectivity index (χ4v) is 2.81. The molecule has 0 saturated heterocycles. The molecule has 148 valence electrons. The van der Waals surface area contributed by atoms with E-state index in [9.17, 15) is 9.59 Å². The predicted molar refractivity (Wildman–Crippen MR) is 114 cm³/mol. The van der Waals surface area contributed by atoms with Crippen LogP contribution in [0, 0.1) is 0 Å². The van der Waals surface area contributed by atoms with Crippen LogP contribution in [-0.4, -0.2) is 25.0 Å². The first-order chi connectivity index (χ1) is 14.1. The van der Waals surface area contributed by atoms with Crippen molar-refractivity contribution in [3.63, 3.8) is 0 Å². The zero-order chi connectivity index (χ0) is 20.5. The number of carbonyl (C=O) groups excluding carboxylic acids is 2. The van der Waals surface area contributed by atoms with Gasteiger partial charge in [0.1, 0.15) is 5.75 Å². The molecule has 0 aliphatic carbocycles. The molecule has 0 saturated carbocycles. The van der Waals surface area contributed by atoms with Gasteiger partial charge in [-0.2, -0.15) is 0 Å². The Kier molecular flexibility index (Phi) is 6.84. The van der Waals surface area contributed by atoms with Gasteiger partial charge in [-0.3, -0.25) is 9.59 Å². The van der Waals surface area contributed by atoms with Gasteiger partial charge in [-0.05, 0) is 29.8 Å². The summed E-state index contributed by atoms with van der Waals surface area (Å²) in [6.45, 7) is 0.610. The van der Waals surface area contributed by atoms with Crippen LogP contribution >= 0.6 is 0 Å². The first-order valence-electron chi connectivity index (χ1n) is 9.31. The molecule has 4 N–H and O–H groups in total. The largest absolute Gasteiger partial charge is 0.493 e. The van der Waals surface area contributed by atoms with E-state index in [2.05, 4.69) is 22.8 Å². The lowest BCUT2D eigenvalue weighted by Gasteiger charge is -2.11. The number of hydrogen-bond acceptors (Lipinski definition) is 4. The second-order valence-corrected chi connectivity index (χ2v) is 6.42. The maximum atomic E-state index is 12.2. The van der Waals surface area contributed by atoms with Crippen LogP contribution in [0.3, 0.4) is 0 Å². The molecule has 0 fully saturated rings. The second-order valence-electron chi connectivity index (χ2n) is 6.42. The molecule has 0 bridgehead atoms. The van der Waals surface area contributed by atoms with E-state index in [1.54, 1.807) is 24.3 Å². The Morgan fingerprint density at radius 1 is 0.897 bits per heavy atom. The van der Waals surface area contributed by atoms with Crippen molar-refractivity contribution in [3.8, 4) is 5.75 Å². The van der Waals surface area contributed by atoms with Crippen LogP contribution in [-0.2, 0) is 11.2 Å². The summed E-state index contributed by atoms with van der Waals surface area (Å²) in [5.41, 5.74) is 7.98. The van der Waals surface area contributed by atoms with Crippen LogP contribution in [0.1, 0.15) is 15.9 Å². The SMILES string of the molecule is NC(=O)c1ccccc1NC(=O)CNc1cccc(OCCc2ccccc2)c1. The van der Waals surface area contributed by atoms with Gasteiger partial charge in [-0.15, -0.1) is 0 Å². The van der Waals surface area contributed by atoms with Gasteiger partial charge in [0, 0.05) is 18.2 Å². The second kappa shape index (κ2) is 9.94. The highest BCUT2D eigenvalue weighted by atomic mass is 16.5. The quantitative estimate of drug-likeness (QED) is 0.522. The summed E-state index contributed by atoms with van der Waals surface area (Å²) in [5.74, 6) is -0.145. The van der Waals surface area contributed by atoms with Crippen LogP contribution in [0.4, 0.5) is 11.4 Å². The van der Waals surface area contributed by atoms with Gasteiger partial charge >= 0.3 is 0 Å². The Balaban J connectivity index is 1.50. The predicted octanol–water partition coefficient (Wildman–Crippen LogP) is 3.46. The van der Waals surface area contributed by atoms with Crippen LogP contribution in [0.5, 0.6) is 5.75 Å². The number of hydrogen-bond donors (Lipinski definition) is 3. The molecule has 0 atom stereocenters. The summed E-state index contributed by atoms with van der Waals surface area (Å²) in [4.78, 5) is 23.7. The highest BCUT2D eigenvalue weighted by molar-refractivity contribution is 6.03. The van der Waals surface area contributed by atoms with Crippen molar-refractivity contribution in [2.75, 3.05) is 23.8 Å². The average molecular weight is 389 g/mol. The molecule has 0 radical (unpaired) electrons. The lowest BCUT2D eigenvalue weighted by Crippen LogP contribution is -2.24. The number of ether oxygens (including phenoxy) is 1. The van der Waals surface area contributed by atoms with Gasteiger partial charge in [-0.25, -0.2) is 0 Å². The number of rotatable bonds is 9. The van der Waals surface area contributed by atoms with Gasteiger partial charge in [-0.1, -0.05) is 48.5 Å². The molecule has 3 aromatic rings. The van der Waals surface area contributed by atoms with Crippen molar-refractivity contribution in [2.45, 2.75) is 6.42 Å². The van der Waals surface area contributed by atoms with Gasteiger partial charge in [0.05, 0.1) is 24.4 Å². The number of benzene rings is 3. The smallest absolute Gasteiger partial charge is 0.250 e. The first kappa shape index (κ1) is 19.9. The topological polar surface area (TPSA) is 93.5 Å². The highest BCUT2D eigenvalue weighted by Crippen LogP contribution is 2.18. The molecule has 6 nitrogen and oxygen atoms in total. The van der Waals surface area contributed by atoms with Crippen molar-refractivity contribution < 1.29 is 14.3 Å². The zero-order valence-corrected chi connectivity index (χ0v) is 15.9. The Labute approximate surface area is 169 Å². The lowest BCUT2D eigenvalue weighted by atomic mass is 10.1. The minimum absolute atomic E-state index is 0.0422. The fourth-order valence-electron chi connectivity index (χ4n) is 2.81. The Morgan fingerprint density at radius 2 is 1.66 bits per heavy atom. The standard InChI is InChI=1S/C23H23N3O3/c24-23(28)20-11-4-5-12-21(20)26-22(27)16-25-18-9-6-10-19(15-18)29-14-13-17-7-2-1-3-8-17/h1-12,15,25H,13-14,16H2,(H2,24,28)(H,26,27). The van der Waals surface area contributed by atoms with Gasteiger partial charge in [0.2, 0.25) is 5.91 Å². The van der Waals surface area contributed by atoms with Gasteiger partial charge in [0.15, 0.2) is 0 Å². The van der Waals surface area contributed by atoms with Crippen LogP contribution in [0.15, 0.2) is 78.9 Å². The molecule has 0 aliphatic rings. The van der Waals surface area contributed by atoms with Crippen molar-refractivity contribution in [2.24, 2.45) is 5.73 Å². The molecule has 2 amide bonds. The summed E-state index contributed by atoms with van der Waals surface area (Å²) in [6.07, 6.45) is 0.820. The third-order valence-corrected chi connectivity index (χ3v) is 4.26. The minimum Gasteiger partial charge on any atom is -0.493 e. The summed E-state index contributed by atoms with van der Waals surface area (Å²) in [5, 5.41) is 5.75. The number of anilines is 2. The average Bonchev–Trinajstić information content (AvgIpc) is 2.74. The van der Waals surface area contributed by atoms with Gasteiger partial charge in [0.25, 0.3) is 5.91 Å². The van der Waals surface area contributed by atoms with E-state index in [-0.39, 0.29) is 18.0 Å². The summed E-state index contributed by atoms with van der Waals surface area (Å²) in [7, 11) is 0. The molecule has 29 heavy (non-hydrogen) atoms. The Bertz CT molecular complexity index is 974. The number of nitrogens with one attached hydrogen (secondary N) is 2. The molecule has 0 aliphatic heterocycles. The molecule has 0 aromatic heterocycles. The molecule has 3 rings (SSSR count). The molecule has 0 unspecified atom stereocenters. The molecular weight excluding hydrogens is 366 g/mol. The molecule has 6 heteroatoms. The van der Waals surface area contributed by atoms with Crippen molar-refractivity contribution in [1.82, 2.24) is 0 Å². The maximum Gasteiger partial charge on any atom is 0.250 e. The Morgan fingerprint density at radius 3 is 2.45 bits per heavy atom. The van der Waals surface area contributed by atoms with E-state index in [4.69, 9.17) is 10.5 Å². The molecule has 0 heterocycles.